The van der Waals surface area contributed by atoms with E-state index >= 15 is 0 Å². The number of nitrogens with one attached hydrogen (secondary N) is 2. The van der Waals surface area contributed by atoms with Crippen molar-refractivity contribution in [2.75, 3.05) is 25.0 Å². The molecule has 7 heteroatoms. The van der Waals surface area contributed by atoms with Gasteiger partial charge in [-0.05, 0) is 55.8 Å². The molecule has 33 heavy (non-hydrogen) atoms. The number of likely N-dealkylation sites (N-methyl/N-ethyl adjacent to an activating group) is 1. The zero-order valence-electron chi connectivity index (χ0n) is 18.9. The highest BCUT2D eigenvalue weighted by molar-refractivity contribution is 5.80. The minimum atomic E-state index is -1.29. The molecule has 0 aliphatic rings. The zero-order valence-corrected chi connectivity index (χ0v) is 18.9. The molecule has 0 aromatic heterocycles. The third-order valence-corrected chi connectivity index (χ3v) is 4.92. The summed E-state index contributed by atoms with van der Waals surface area (Å²) in [4.78, 5) is 22.0. The Balaban J connectivity index is 0.000000321. The number of amides is 1. The quantitative estimate of drug-likeness (QED) is 0.434. The summed E-state index contributed by atoms with van der Waals surface area (Å²) in [6, 6.07) is 23.9. The Bertz CT molecular complexity index is 996. The van der Waals surface area contributed by atoms with E-state index in [9.17, 15) is 19.8 Å². The van der Waals surface area contributed by atoms with Crippen LogP contribution in [0.3, 0.4) is 0 Å². The molecule has 0 radical (unpaired) electrons. The highest BCUT2D eigenvalue weighted by atomic mass is 16.5. The molecular formula is C26H30N2O5. The summed E-state index contributed by atoms with van der Waals surface area (Å²) >= 11 is 0. The zero-order chi connectivity index (χ0) is 24.1. The average Bonchev–Trinajstić information content (AvgIpc) is 2.82. The van der Waals surface area contributed by atoms with E-state index < -0.39 is 12.2 Å². The molecule has 0 fully saturated rings. The molecule has 3 aromatic carbocycles. The van der Waals surface area contributed by atoms with Crippen molar-refractivity contribution in [1.82, 2.24) is 0 Å². The molecule has 0 aliphatic heterocycles. The highest BCUT2D eigenvalue weighted by Crippen LogP contribution is 2.11. The molecule has 0 heterocycles. The fraction of sp³-hybridized carbons (Fsp3) is 0.231. The molecule has 1 amide bonds. The van der Waals surface area contributed by atoms with E-state index in [1.165, 1.54) is 0 Å². The van der Waals surface area contributed by atoms with Gasteiger partial charge in [0.05, 0.1) is 6.54 Å². The number of rotatable bonds is 9. The van der Waals surface area contributed by atoms with Crippen LogP contribution in [0.4, 0.5) is 16.2 Å². The van der Waals surface area contributed by atoms with E-state index in [2.05, 4.69) is 12.2 Å². The van der Waals surface area contributed by atoms with Crippen molar-refractivity contribution in [3.8, 4) is 5.75 Å². The molecule has 0 saturated heterocycles. The third-order valence-electron chi connectivity index (χ3n) is 4.92. The van der Waals surface area contributed by atoms with Crippen molar-refractivity contribution < 1.29 is 29.4 Å². The van der Waals surface area contributed by atoms with Gasteiger partial charge in [0.2, 0.25) is 0 Å². The summed E-state index contributed by atoms with van der Waals surface area (Å²) in [5.41, 5.74) is 3.27. The van der Waals surface area contributed by atoms with Crippen LogP contribution in [-0.2, 0) is 0 Å². The molecule has 174 valence electrons. The van der Waals surface area contributed by atoms with Crippen LogP contribution in [0.25, 0.3) is 0 Å². The van der Waals surface area contributed by atoms with Crippen molar-refractivity contribution in [3.05, 3.63) is 90.0 Å². The van der Waals surface area contributed by atoms with Crippen molar-refractivity contribution in [2.24, 2.45) is 0 Å². The molecule has 2 unspecified atom stereocenters. The molecule has 0 aliphatic carbocycles. The highest BCUT2D eigenvalue weighted by Gasteiger charge is 2.17. The minimum absolute atomic E-state index is 0.263. The van der Waals surface area contributed by atoms with Gasteiger partial charge in [-0.25, -0.2) is 0 Å². The lowest BCUT2D eigenvalue weighted by molar-refractivity contribution is -0.834. The molecule has 2 atom stereocenters. The fourth-order valence-corrected chi connectivity index (χ4v) is 3.19. The number of aldehydes is 1. The lowest BCUT2D eigenvalue weighted by atomic mass is 10.1. The van der Waals surface area contributed by atoms with Gasteiger partial charge in [-0.1, -0.05) is 36.4 Å². The summed E-state index contributed by atoms with van der Waals surface area (Å²) in [6.45, 7) is 5.67. The minimum Gasteiger partial charge on any atom is -0.530 e. The number of carbonyl (C=O) groups excluding carboxylic acids is 2. The summed E-state index contributed by atoms with van der Waals surface area (Å²) in [6.07, 6.45) is -0.977. The van der Waals surface area contributed by atoms with Gasteiger partial charge in [0, 0.05) is 17.3 Å². The first-order valence-electron chi connectivity index (χ1n) is 10.7. The Morgan fingerprint density at radius 2 is 1.73 bits per heavy atom. The molecule has 0 saturated carbocycles. The molecule has 3 N–H and O–H groups in total. The van der Waals surface area contributed by atoms with Gasteiger partial charge < -0.3 is 30.0 Å². The second-order valence-corrected chi connectivity index (χ2v) is 7.41. The number of aryl methyl sites for hydroxylation is 1. The van der Waals surface area contributed by atoms with E-state index in [1.807, 2.05) is 55.5 Å². The average molecular weight is 451 g/mol. The molecule has 0 bridgehead atoms. The summed E-state index contributed by atoms with van der Waals surface area (Å²) in [5.74, 6) is 0.760. The largest absolute Gasteiger partial charge is 0.530 e. The number of hydrogen-bond acceptors (Lipinski definition) is 5. The Hall–Kier alpha value is -3.68. The second kappa shape index (κ2) is 13.7. The fourth-order valence-electron chi connectivity index (χ4n) is 3.19. The van der Waals surface area contributed by atoms with Crippen LogP contribution in [0, 0.1) is 6.92 Å². The van der Waals surface area contributed by atoms with Gasteiger partial charge >= 0.3 is 0 Å². The van der Waals surface area contributed by atoms with Gasteiger partial charge in [0.15, 0.2) is 0 Å². The first-order valence-corrected chi connectivity index (χ1v) is 10.7. The van der Waals surface area contributed by atoms with Crippen LogP contribution < -0.4 is 20.1 Å². The Labute approximate surface area is 194 Å². The van der Waals surface area contributed by atoms with Crippen molar-refractivity contribution in [2.45, 2.75) is 20.0 Å². The van der Waals surface area contributed by atoms with Crippen LogP contribution in [0.1, 0.15) is 22.8 Å². The molecule has 0 spiro atoms. The van der Waals surface area contributed by atoms with Gasteiger partial charge in [-0.15, -0.1) is 0 Å². The summed E-state index contributed by atoms with van der Waals surface area (Å²) in [7, 11) is 0. The van der Waals surface area contributed by atoms with Crippen LogP contribution >= 0.6 is 0 Å². The number of carbonyl (C=O) groups is 2. The van der Waals surface area contributed by atoms with Crippen LogP contribution in [0.15, 0.2) is 78.9 Å². The SMILES string of the molecule is CC[NH+](CC(O)COc1ccccc1)c1ccc(C=O)c(C)c1.O=C([O-])Nc1ccccc1. The number of quaternary nitrogens is 1. The topological polar surface area (TPSA) is 103 Å². The lowest BCUT2D eigenvalue weighted by Crippen LogP contribution is -3.08. The number of aliphatic hydroxyl groups is 1. The van der Waals surface area contributed by atoms with Crippen molar-refractivity contribution in [3.63, 3.8) is 0 Å². The van der Waals surface area contributed by atoms with E-state index in [0.29, 0.717) is 17.8 Å². The maximum Gasteiger partial charge on any atom is 0.150 e. The number of ether oxygens (including phenoxy) is 1. The maximum atomic E-state index is 10.9. The summed E-state index contributed by atoms with van der Waals surface area (Å²) in [5, 5.41) is 22.3. The maximum absolute atomic E-state index is 10.9. The van der Waals surface area contributed by atoms with E-state index in [-0.39, 0.29) is 6.61 Å². The van der Waals surface area contributed by atoms with Gasteiger partial charge in [-0.2, -0.15) is 0 Å². The number of aliphatic hydroxyl groups excluding tert-OH is 1. The molecule has 3 aromatic rings. The number of para-hydroxylation sites is 2. The predicted molar refractivity (Wildman–Crippen MR) is 126 cm³/mol. The predicted octanol–water partition coefficient (Wildman–Crippen LogP) is 2.23. The monoisotopic (exact) mass is 450 g/mol. The Morgan fingerprint density at radius 3 is 2.27 bits per heavy atom. The number of anilines is 1. The number of benzene rings is 3. The molecule has 7 nitrogen and oxygen atoms in total. The van der Waals surface area contributed by atoms with Crippen molar-refractivity contribution in [1.29, 1.82) is 0 Å². The first kappa shape index (κ1) is 25.6. The number of carboxylic acid groups (broad SMARTS) is 1. The summed E-state index contributed by atoms with van der Waals surface area (Å²) < 4.78 is 5.60. The molecule has 3 rings (SSSR count). The van der Waals surface area contributed by atoms with Crippen LogP contribution in [0.2, 0.25) is 0 Å². The lowest BCUT2D eigenvalue weighted by Gasteiger charge is -2.21. The number of hydrogen-bond donors (Lipinski definition) is 3. The standard InChI is InChI=1S/C19H23NO3.C7H7NO2/c1-3-20(17-10-9-16(13-21)15(2)11-17)12-18(22)14-23-19-7-5-4-6-8-19;9-7(10)8-6-4-2-1-3-5-6/h4-11,13,18,22H,3,12,14H2,1-2H3;1-5,8H,(H,9,10). The van der Waals surface area contributed by atoms with Gasteiger partial charge in [0.1, 0.15) is 43.1 Å². The second-order valence-electron chi connectivity index (χ2n) is 7.41. The van der Waals surface area contributed by atoms with Gasteiger partial charge in [-0.3, -0.25) is 4.79 Å². The van der Waals surface area contributed by atoms with E-state index in [4.69, 9.17) is 4.74 Å². The van der Waals surface area contributed by atoms with E-state index in [1.54, 1.807) is 30.3 Å². The Kier molecular flexibility index (Phi) is 10.6. The van der Waals surface area contributed by atoms with E-state index in [0.717, 1.165) is 34.7 Å². The van der Waals surface area contributed by atoms with Gasteiger partial charge in [0.25, 0.3) is 0 Å². The van der Waals surface area contributed by atoms with Crippen LogP contribution in [0.5, 0.6) is 5.75 Å². The Morgan fingerprint density at radius 1 is 1.09 bits per heavy atom. The smallest absolute Gasteiger partial charge is 0.150 e. The first-order chi connectivity index (χ1) is 15.9. The van der Waals surface area contributed by atoms with Crippen molar-refractivity contribution >= 4 is 23.8 Å². The van der Waals surface area contributed by atoms with Crippen LogP contribution in [-0.4, -0.2) is 43.3 Å². The third kappa shape index (κ3) is 9.14. The molecular weight excluding hydrogens is 420 g/mol. The normalized spacial score (nSPS) is 12.0.